The third kappa shape index (κ3) is 7.07. The van der Waals surface area contributed by atoms with Gasteiger partial charge in [-0.25, -0.2) is 24.1 Å². The third-order valence-corrected chi connectivity index (χ3v) is 12.6. The highest BCUT2D eigenvalue weighted by atomic mass is 16.5. The number of alkyl carbamates (subject to hydrolysis) is 2. The molecule has 2 unspecified atom stereocenters. The van der Waals surface area contributed by atoms with E-state index in [9.17, 15) is 19.2 Å². The summed E-state index contributed by atoms with van der Waals surface area (Å²) in [6, 6.07) is 12.8. The van der Waals surface area contributed by atoms with E-state index >= 15 is 0 Å². The van der Waals surface area contributed by atoms with Crippen LogP contribution in [0.1, 0.15) is 77.1 Å². The summed E-state index contributed by atoms with van der Waals surface area (Å²) >= 11 is 0. The summed E-state index contributed by atoms with van der Waals surface area (Å²) < 4.78 is 11.4. The Labute approximate surface area is 341 Å². The molecule has 2 aliphatic heterocycles. The molecule has 9 rings (SSSR count). The molecule has 0 bridgehead atoms. The van der Waals surface area contributed by atoms with Gasteiger partial charge in [0.2, 0.25) is 11.8 Å². The van der Waals surface area contributed by atoms with Gasteiger partial charge in [0.1, 0.15) is 23.7 Å². The smallest absolute Gasteiger partial charge is 0.407 e. The summed E-state index contributed by atoms with van der Waals surface area (Å²) in [6.07, 6.45) is 7.91. The number of hydrogen-bond donors (Lipinski definition) is 4. The van der Waals surface area contributed by atoms with E-state index in [4.69, 9.17) is 24.5 Å². The second-order valence-electron chi connectivity index (χ2n) is 17.1. The van der Waals surface area contributed by atoms with E-state index in [2.05, 4.69) is 26.7 Å². The zero-order valence-electron chi connectivity index (χ0n) is 34.0. The number of methoxy groups -OCH3 is 2. The van der Waals surface area contributed by atoms with E-state index in [1.807, 2.05) is 97.0 Å². The van der Waals surface area contributed by atoms with Crippen molar-refractivity contribution in [2.45, 2.75) is 89.6 Å². The zero-order chi connectivity index (χ0) is 41.3. The molecule has 5 aromatic rings. The van der Waals surface area contributed by atoms with Gasteiger partial charge >= 0.3 is 12.2 Å². The molecule has 4 aromatic heterocycles. The van der Waals surface area contributed by atoms with Crippen LogP contribution in [0.25, 0.3) is 39.3 Å². The highest BCUT2D eigenvalue weighted by Gasteiger charge is 2.57. The van der Waals surface area contributed by atoms with E-state index in [1.165, 1.54) is 14.2 Å². The Morgan fingerprint density at radius 2 is 1.17 bits per heavy atom. The van der Waals surface area contributed by atoms with Crippen molar-refractivity contribution in [3.05, 3.63) is 72.7 Å². The van der Waals surface area contributed by atoms with E-state index in [0.29, 0.717) is 11.8 Å². The quantitative estimate of drug-likeness (QED) is 0.127. The van der Waals surface area contributed by atoms with Crippen LogP contribution in [0.15, 0.2) is 61.1 Å². The summed E-state index contributed by atoms with van der Waals surface area (Å²) in [5.41, 5.74) is 6.30. The lowest BCUT2D eigenvalue weighted by Gasteiger charge is -2.31. The standard InChI is InChI=1S/C43H50N10O6/c1-21(2)36(48-42(56)58-5)40(54)52-32-14-26(32)16-34(52)38-44-19-30(46-38)24-9-7-23(8-10-24)29-18-28-13-25(11-12-51(28)50-29)31-20-45-39(47-31)35-17-27-15-33(27)53(35)41(55)37(22(3)4)49-43(57)59-6/h7-13,18-22,26-27,32-37H,14-17H2,1-6H3,(H,44,46)(H,45,47)(H,48,56)(H,49,57)/t26-,27-,32-,33-,34+,35+,36?,37?/m1/s1. The number of hydrogen-bond acceptors (Lipinski definition) is 9. The van der Waals surface area contributed by atoms with E-state index < -0.39 is 24.3 Å². The maximum absolute atomic E-state index is 13.8. The average molecular weight is 803 g/mol. The first kappa shape index (κ1) is 38.3. The van der Waals surface area contributed by atoms with Crippen molar-refractivity contribution in [2.24, 2.45) is 23.7 Å². The van der Waals surface area contributed by atoms with Crippen molar-refractivity contribution >= 4 is 29.5 Å². The molecule has 8 atom stereocenters. The fraction of sp³-hybridized carbons (Fsp3) is 0.465. The predicted octanol–water partition coefficient (Wildman–Crippen LogP) is 5.87. The molecule has 4 N–H and O–H groups in total. The first-order valence-electron chi connectivity index (χ1n) is 20.5. The molecule has 0 radical (unpaired) electrons. The molecule has 4 fully saturated rings. The van der Waals surface area contributed by atoms with Gasteiger partial charge < -0.3 is 39.9 Å². The van der Waals surface area contributed by atoms with Gasteiger partial charge in [-0.05, 0) is 73.1 Å². The van der Waals surface area contributed by atoms with Gasteiger partial charge in [0.05, 0.1) is 61.3 Å². The van der Waals surface area contributed by atoms with Gasteiger partial charge in [-0.3, -0.25) is 9.59 Å². The lowest BCUT2D eigenvalue weighted by atomic mass is 10.0. The van der Waals surface area contributed by atoms with Crippen LogP contribution < -0.4 is 10.6 Å². The highest BCUT2D eigenvalue weighted by molar-refractivity contribution is 5.88. The van der Waals surface area contributed by atoms with Crippen molar-refractivity contribution < 1.29 is 28.7 Å². The van der Waals surface area contributed by atoms with E-state index in [0.717, 1.165) is 76.6 Å². The number of likely N-dealkylation sites (tertiary alicyclic amines) is 2. The number of piperidine rings is 2. The fourth-order valence-electron chi connectivity index (χ4n) is 9.18. The van der Waals surface area contributed by atoms with Gasteiger partial charge in [0.15, 0.2) is 0 Å². The molecule has 0 spiro atoms. The first-order valence-corrected chi connectivity index (χ1v) is 20.5. The average Bonchev–Trinajstić information content (AvgIpc) is 3.72. The van der Waals surface area contributed by atoms with Crippen LogP contribution in [-0.2, 0) is 19.1 Å². The lowest BCUT2D eigenvalue weighted by Crippen LogP contribution is -2.52. The molecule has 4 amide bonds. The number of H-pyrrole nitrogens is 2. The number of carbonyl (C=O) groups excluding carboxylic acids is 4. The number of carbonyl (C=O) groups is 4. The van der Waals surface area contributed by atoms with Crippen LogP contribution >= 0.6 is 0 Å². The van der Waals surface area contributed by atoms with Gasteiger partial charge in [-0.15, -0.1) is 0 Å². The molecule has 2 saturated carbocycles. The first-order chi connectivity index (χ1) is 28.4. The summed E-state index contributed by atoms with van der Waals surface area (Å²) in [5, 5.41) is 10.3. The van der Waals surface area contributed by atoms with Crippen molar-refractivity contribution in [3.8, 4) is 33.8 Å². The number of fused-ring (bicyclic) bond motifs is 3. The van der Waals surface area contributed by atoms with Crippen molar-refractivity contribution in [3.63, 3.8) is 0 Å². The third-order valence-electron chi connectivity index (χ3n) is 12.6. The minimum absolute atomic E-state index is 0.104. The number of pyridine rings is 1. The number of ether oxygens (including phenoxy) is 2. The normalized spacial score (nSPS) is 23.9. The minimum Gasteiger partial charge on any atom is -0.453 e. The van der Waals surface area contributed by atoms with Crippen LogP contribution in [0.5, 0.6) is 0 Å². The monoisotopic (exact) mass is 802 g/mol. The van der Waals surface area contributed by atoms with Crippen LogP contribution in [0.4, 0.5) is 9.59 Å². The maximum atomic E-state index is 13.8. The fourth-order valence-corrected chi connectivity index (χ4v) is 9.18. The number of nitrogens with one attached hydrogen (secondary N) is 4. The molecular weight excluding hydrogens is 753 g/mol. The zero-order valence-corrected chi connectivity index (χ0v) is 34.0. The van der Waals surface area contributed by atoms with Crippen molar-refractivity contribution in [1.29, 1.82) is 0 Å². The number of benzene rings is 1. The number of aromatic amines is 2. The molecular formula is C43H50N10O6. The Bertz CT molecular complexity index is 2420. The van der Waals surface area contributed by atoms with Crippen molar-refractivity contribution in [1.82, 2.24) is 50.0 Å². The summed E-state index contributed by atoms with van der Waals surface area (Å²) in [6.45, 7) is 7.66. The maximum Gasteiger partial charge on any atom is 0.407 e. The van der Waals surface area contributed by atoms with Crippen molar-refractivity contribution in [2.75, 3.05) is 14.2 Å². The largest absolute Gasteiger partial charge is 0.453 e. The number of aromatic nitrogens is 6. The predicted molar refractivity (Wildman–Crippen MR) is 216 cm³/mol. The van der Waals surface area contributed by atoms with Gasteiger partial charge in [-0.1, -0.05) is 52.0 Å². The Balaban J connectivity index is 0.889. The summed E-state index contributed by atoms with van der Waals surface area (Å²) in [7, 11) is 2.60. The number of nitrogens with zero attached hydrogens (tertiary/aromatic N) is 6. The molecule has 16 heteroatoms. The molecule has 6 heterocycles. The second kappa shape index (κ2) is 14.9. The van der Waals surface area contributed by atoms with E-state index in [1.54, 1.807) is 0 Å². The molecule has 16 nitrogen and oxygen atoms in total. The van der Waals surface area contributed by atoms with Gasteiger partial charge in [0, 0.05) is 29.4 Å². The topological polar surface area (TPSA) is 192 Å². The minimum atomic E-state index is -0.688. The highest BCUT2D eigenvalue weighted by Crippen LogP contribution is 2.54. The molecule has 2 aliphatic carbocycles. The Kier molecular flexibility index (Phi) is 9.67. The summed E-state index contributed by atoms with van der Waals surface area (Å²) in [5.74, 6) is 1.92. The van der Waals surface area contributed by atoms with Crippen LogP contribution in [0, 0.1) is 23.7 Å². The van der Waals surface area contributed by atoms with Gasteiger partial charge in [0.25, 0.3) is 0 Å². The molecule has 4 aliphatic rings. The molecule has 308 valence electrons. The Hall–Kier alpha value is -6.19. The van der Waals surface area contributed by atoms with Gasteiger partial charge in [-0.2, -0.15) is 5.10 Å². The van der Waals surface area contributed by atoms with Crippen LogP contribution in [0.3, 0.4) is 0 Å². The lowest BCUT2D eigenvalue weighted by molar-refractivity contribution is -0.137. The number of rotatable bonds is 11. The number of amides is 4. The van der Waals surface area contributed by atoms with Crippen LogP contribution in [0.2, 0.25) is 0 Å². The van der Waals surface area contributed by atoms with Crippen LogP contribution in [-0.4, -0.2) is 102 Å². The molecule has 1 aromatic carbocycles. The van der Waals surface area contributed by atoms with E-state index in [-0.39, 0.29) is 47.8 Å². The summed E-state index contributed by atoms with van der Waals surface area (Å²) in [4.78, 5) is 72.1. The Morgan fingerprint density at radius 1 is 0.678 bits per heavy atom. The number of imidazole rings is 2. The molecule has 59 heavy (non-hydrogen) atoms. The SMILES string of the molecule is COC(=O)NC(C(=O)N1[C@@H]2C[C@@H]2C[C@H]1c1ncc(-c2ccc(-c3cc4cc(-c5cnc([C@@H]6C[C@H]7C[C@H]7N6C(=O)C(NC(=O)OC)C(C)C)[nH]5)ccn4n3)cc2)[nH]1)C(C)C. The second-order valence-corrected chi connectivity index (χ2v) is 17.1. The molecule has 2 saturated heterocycles. The Morgan fingerprint density at radius 3 is 1.66 bits per heavy atom.